The second-order valence-electron chi connectivity index (χ2n) is 3.40. The van der Waals surface area contributed by atoms with Crippen molar-refractivity contribution in [3.8, 4) is 5.75 Å². The maximum absolute atomic E-state index is 10.6. The third-order valence-electron chi connectivity index (χ3n) is 2.15. The molecular formula is C13H9ClO2S. The highest BCUT2D eigenvalue weighted by atomic mass is 35.5. The van der Waals surface area contributed by atoms with Gasteiger partial charge in [0.1, 0.15) is 5.75 Å². The molecule has 1 N–H and O–H groups in total. The second-order valence-corrected chi connectivity index (χ2v) is 4.95. The van der Waals surface area contributed by atoms with Crippen LogP contribution in [0.25, 0.3) is 0 Å². The molecule has 0 bridgehead atoms. The van der Waals surface area contributed by atoms with Crippen LogP contribution in [0.5, 0.6) is 5.75 Å². The Morgan fingerprint density at radius 1 is 1.12 bits per heavy atom. The van der Waals surface area contributed by atoms with Crippen LogP contribution in [0.15, 0.2) is 52.3 Å². The van der Waals surface area contributed by atoms with E-state index in [9.17, 15) is 9.90 Å². The molecule has 0 aliphatic heterocycles. The Balaban J connectivity index is 2.24. The molecule has 0 atom stereocenters. The normalized spacial score (nSPS) is 10.2. The van der Waals surface area contributed by atoms with E-state index in [2.05, 4.69) is 0 Å². The van der Waals surface area contributed by atoms with Crippen molar-refractivity contribution in [1.29, 1.82) is 0 Å². The van der Waals surface area contributed by atoms with E-state index in [0.29, 0.717) is 10.6 Å². The second kappa shape index (κ2) is 5.25. The molecule has 86 valence electrons. The Morgan fingerprint density at radius 3 is 2.53 bits per heavy atom. The third-order valence-corrected chi connectivity index (χ3v) is 3.46. The lowest BCUT2D eigenvalue weighted by Gasteiger charge is -2.03. The van der Waals surface area contributed by atoms with Crippen molar-refractivity contribution in [2.75, 3.05) is 0 Å². The number of aldehydes is 1. The largest absolute Gasteiger partial charge is 0.508 e. The van der Waals surface area contributed by atoms with Crippen LogP contribution in [0.3, 0.4) is 0 Å². The molecule has 0 aromatic heterocycles. The molecule has 2 aromatic carbocycles. The van der Waals surface area contributed by atoms with Crippen LogP contribution in [0.4, 0.5) is 0 Å². The van der Waals surface area contributed by atoms with Crippen molar-refractivity contribution in [1.82, 2.24) is 0 Å². The Kier molecular flexibility index (Phi) is 3.71. The van der Waals surface area contributed by atoms with Gasteiger partial charge in [-0.2, -0.15) is 0 Å². The van der Waals surface area contributed by atoms with Crippen LogP contribution >= 0.6 is 23.4 Å². The molecular weight excluding hydrogens is 256 g/mol. The molecule has 0 unspecified atom stereocenters. The van der Waals surface area contributed by atoms with E-state index in [1.807, 2.05) is 12.1 Å². The topological polar surface area (TPSA) is 37.3 Å². The summed E-state index contributed by atoms with van der Waals surface area (Å²) < 4.78 is 0. The van der Waals surface area contributed by atoms with Gasteiger partial charge in [0.25, 0.3) is 0 Å². The van der Waals surface area contributed by atoms with Gasteiger partial charge in [-0.15, -0.1) is 0 Å². The summed E-state index contributed by atoms with van der Waals surface area (Å²) in [4.78, 5) is 12.5. The van der Waals surface area contributed by atoms with Crippen LogP contribution in [-0.2, 0) is 0 Å². The first-order chi connectivity index (χ1) is 8.19. The third kappa shape index (κ3) is 3.02. The van der Waals surface area contributed by atoms with E-state index in [0.717, 1.165) is 16.1 Å². The number of rotatable bonds is 3. The molecule has 4 heteroatoms. The predicted molar refractivity (Wildman–Crippen MR) is 69.1 cm³/mol. The van der Waals surface area contributed by atoms with Crippen molar-refractivity contribution in [3.05, 3.63) is 53.1 Å². The monoisotopic (exact) mass is 264 g/mol. The fourth-order valence-electron chi connectivity index (χ4n) is 1.35. The summed E-state index contributed by atoms with van der Waals surface area (Å²) in [5.41, 5.74) is 0.479. The average Bonchev–Trinajstić information content (AvgIpc) is 2.29. The highest BCUT2D eigenvalue weighted by Gasteiger charge is 2.03. The van der Waals surface area contributed by atoms with Gasteiger partial charge in [0.05, 0.1) is 5.02 Å². The fraction of sp³-hybridized carbons (Fsp3) is 0. The number of halogens is 1. The van der Waals surface area contributed by atoms with Crippen molar-refractivity contribution in [2.45, 2.75) is 9.79 Å². The lowest BCUT2D eigenvalue weighted by molar-refractivity contribution is 0.112. The Hall–Kier alpha value is -1.45. The Labute approximate surface area is 108 Å². The molecule has 0 amide bonds. The van der Waals surface area contributed by atoms with Gasteiger partial charge in [-0.3, -0.25) is 4.79 Å². The quantitative estimate of drug-likeness (QED) is 0.851. The number of carbonyl (C=O) groups excluding carboxylic acids is 1. The van der Waals surface area contributed by atoms with E-state index < -0.39 is 0 Å². The maximum atomic E-state index is 10.6. The number of hydrogen-bond donors (Lipinski definition) is 1. The van der Waals surface area contributed by atoms with Gasteiger partial charge in [0.15, 0.2) is 6.29 Å². The summed E-state index contributed by atoms with van der Waals surface area (Å²) in [5, 5.41) is 9.78. The van der Waals surface area contributed by atoms with Crippen molar-refractivity contribution >= 4 is 29.6 Å². The first-order valence-corrected chi connectivity index (χ1v) is 6.10. The molecule has 0 aliphatic rings. The summed E-state index contributed by atoms with van der Waals surface area (Å²) >= 11 is 7.41. The van der Waals surface area contributed by atoms with Gasteiger partial charge in [-0.25, -0.2) is 0 Å². The molecule has 0 spiro atoms. The Bertz CT molecular complexity index is 555. The SMILES string of the molecule is O=Cc1ccc(Sc2cccc(O)c2)cc1Cl. The van der Waals surface area contributed by atoms with Crippen LogP contribution in [0.1, 0.15) is 10.4 Å². The Morgan fingerprint density at radius 2 is 1.88 bits per heavy atom. The van der Waals surface area contributed by atoms with Crippen molar-refractivity contribution in [2.24, 2.45) is 0 Å². The summed E-state index contributed by atoms with van der Waals surface area (Å²) in [6.07, 6.45) is 0.727. The van der Waals surface area contributed by atoms with Crippen LogP contribution < -0.4 is 0 Å². The first kappa shape index (κ1) is 12.0. The van der Waals surface area contributed by atoms with Crippen molar-refractivity contribution < 1.29 is 9.90 Å². The molecule has 2 aromatic rings. The highest BCUT2D eigenvalue weighted by molar-refractivity contribution is 7.99. The minimum atomic E-state index is 0.227. The van der Waals surface area contributed by atoms with Crippen molar-refractivity contribution in [3.63, 3.8) is 0 Å². The molecule has 17 heavy (non-hydrogen) atoms. The minimum Gasteiger partial charge on any atom is -0.508 e. The van der Waals surface area contributed by atoms with Crippen LogP contribution in [-0.4, -0.2) is 11.4 Å². The van der Waals surface area contributed by atoms with E-state index in [1.54, 1.807) is 30.3 Å². The summed E-state index contributed by atoms with van der Waals surface area (Å²) in [7, 11) is 0. The smallest absolute Gasteiger partial charge is 0.151 e. The van der Waals surface area contributed by atoms with Gasteiger partial charge in [0, 0.05) is 15.4 Å². The number of hydrogen-bond acceptors (Lipinski definition) is 3. The van der Waals surface area contributed by atoms with E-state index >= 15 is 0 Å². The number of phenolic OH excluding ortho intramolecular Hbond substituents is 1. The van der Waals surface area contributed by atoms with Gasteiger partial charge in [-0.05, 0) is 36.4 Å². The summed E-state index contributed by atoms with van der Waals surface area (Å²) in [6.45, 7) is 0. The van der Waals surface area contributed by atoms with Crippen LogP contribution in [0, 0.1) is 0 Å². The average molecular weight is 265 g/mol. The maximum Gasteiger partial charge on any atom is 0.151 e. The lowest BCUT2D eigenvalue weighted by Crippen LogP contribution is -1.82. The molecule has 0 radical (unpaired) electrons. The minimum absolute atomic E-state index is 0.227. The van der Waals surface area contributed by atoms with E-state index in [1.165, 1.54) is 11.8 Å². The van der Waals surface area contributed by atoms with Crippen LogP contribution in [0.2, 0.25) is 5.02 Å². The number of benzene rings is 2. The zero-order valence-corrected chi connectivity index (χ0v) is 10.3. The molecule has 0 heterocycles. The highest BCUT2D eigenvalue weighted by Crippen LogP contribution is 2.31. The summed E-state index contributed by atoms with van der Waals surface area (Å²) in [5.74, 6) is 0.227. The molecule has 0 fully saturated rings. The standard InChI is InChI=1S/C13H9ClO2S/c14-13-7-12(5-4-9(13)8-15)17-11-3-1-2-10(16)6-11/h1-8,16H. The molecule has 0 saturated heterocycles. The zero-order valence-electron chi connectivity index (χ0n) is 8.76. The predicted octanol–water partition coefficient (Wildman–Crippen LogP) is 4.01. The lowest BCUT2D eigenvalue weighted by atomic mass is 10.2. The number of aromatic hydroxyl groups is 1. The van der Waals surface area contributed by atoms with Gasteiger partial charge >= 0.3 is 0 Å². The number of phenols is 1. The van der Waals surface area contributed by atoms with Gasteiger partial charge < -0.3 is 5.11 Å². The van der Waals surface area contributed by atoms with E-state index in [-0.39, 0.29) is 5.75 Å². The molecule has 0 aliphatic carbocycles. The zero-order chi connectivity index (χ0) is 12.3. The fourth-order valence-corrected chi connectivity index (χ4v) is 2.55. The first-order valence-electron chi connectivity index (χ1n) is 4.90. The van der Waals surface area contributed by atoms with E-state index in [4.69, 9.17) is 11.6 Å². The van der Waals surface area contributed by atoms with Gasteiger partial charge in [-0.1, -0.05) is 29.4 Å². The molecule has 0 saturated carbocycles. The van der Waals surface area contributed by atoms with Gasteiger partial charge in [0.2, 0.25) is 0 Å². The number of carbonyl (C=O) groups is 1. The summed E-state index contributed by atoms with van der Waals surface area (Å²) in [6, 6.07) is 12.2. The molecule has 2 nitrogen and oxygen atoms in total. The molecule has 2 rings (SSSR count).